The fraction of sp³-hybridized carbons (Fsp3) is 0.818. The number of hydrogen-bond acceptors (Lipinski definition) is 4. The van der Waals surface area contributed by atoms with Crippen molar-refractivity contribution in [1.29, 1.82) is 0 Å². The van der Waals surface area contributed by atoms with Crippen LogP contribution >= 0.6 is 0 Å². The van der Waals surface area contributed by atoms with Gasteiger partial charge >= 0.3 is 11.9 Å². The van der Waals surface area contributed by atoms with E-state index in [1.54, 1.807) is 0 Å². The quantitative estimate of drug-likeness (QED) is 0.501. The van der Waals surface area contributed by atoms with E-state index in [2.05, 4.69) is 11.7 Å². The summed E-state index contributed by atoms with van der Waals surface area (Å²) < 4.78 is 4.48. The minimum Gasteiger partial charge on any atom is -0.391 e. The van der Waals surface area contributed by atoms with E-state index < -0.39 is 11.9 Å². The molecule has 1 aliphatic heterocycles. The van der Waals surface area contributed by atoms with Gasteiger partial charge in [0.25, 0.3) is 0 Å². The monoisotopic (exact) mass is 211 g/mol. The molecule has 4 heteroatoms. The molecular weight excluding hydrogens is 194 g/mol. The number of hydrogen-bond donors (Lipinski definition) is 0. The van der Waals surface area contributed by atoms with Gasteiger partial charge in [0.1, 0.15) is 0 Å². The molecule has 2 atom stereocenters. The largest absolute Gasteiger partial charge is 0.391 e. The van der Waals surface area contributed by atoms with E-state index in [0.717, 1.165) is 12.5 Å². The second kappa shape index (κ2) is 4.31. The molecule has 0 spiro atoms. The van der Waals surface area contributed by atoms with E-state index in [-0.39, 0.29) is 13.1 Å². The zero-order valence-corrected chi connectivity index (χ0v) is 9.07. The summed E-state index contributed by atoms with van der Waals surface area (Å²) >= 11 is 0. The van der Waals surface area contributed by atoms with E-state index in [0.29, 0.717) is 5.92 Å². The number of esters is 2. The smallest absolute Gasteiger partial charge is 0.327 e. The van der Waals surface area contributed by atoms with Gasteiger partial charge in [-0.15, -0.1) is 0 Å². The molecule has 0 amide bonds. The van der Waals surface area contributed by atoms with Gasteiger partial charge in [-0.05, 0) is 24.7 Å². The third-order valence-electron chi connectivity index (χ3n) is 3.25. The molecule has 0 aromatic heterocycles. The molecule has 1 saturated carbocycles. The Kier molecular flexibility index (Phi) is 3.05. The Morgan fingerprint density at radius 2 is 1.93 bits per heavy atom. The number of ether oxygens (including phenoxy) is 1. The van der Waals surface area contributed by atoms with Crippen LogP contribution < -0.4 is 0 Å². The molecule has 2 aliphatic rings. The van der Waals surface area contributed by atoms with Crippen LogP contribution in [0.15, 0.2) is 0 Å². The SMILES string of the molecule is CC1CCC(CN2CC(=O)OC(=O)C2)C1. The zero-order chi connectivity index (χ0) is 10.8. The minimum atomic E-state index is -0.405. The van der Waals surface area contributed by atoms with Crippen LogP contribution in [0.1, 0.15) is 26.2 Å². The lowest BCUT2D eigenvalue weighted by molar-refractivity contribution is -0.167. The molecule has 1 aliphatic carbocycles. The van der Waals surface area contributed by atoms with Crippen molar-refractivity contribution in [2.45, 2.75) is 26.2 Å². The van der Waals surface area contributed by atoms with E-state index in [1.807, 2.05) is 4.90 Å². The number of nitrogens with zero attached hydrogens (tertiary/aromatic N) is 1. The second-order valence-electron chi connectivity index (χ2n) is 4.80. The van der Waals surface area contributed by atoms with E-state index >= 15 is 0 Å². The highest BCUT2D eigenvalue weighted by Gasteiger charge is 2.29. The highest BCUT2D eigenvalue weighted by molar-refractivity contribution is 5.90. The summed E-state index contributed by atoms with van der Waals surface area (Å²) in [7, 11) is 0. The zero-order valence-electron chi connectivity index (χ0n) is 9.07. The third kappa shape index (κ3) is 2.78. The van der Waals surface area contributed by atoms with Crippen LogP contribution in [0.5, 0.6) is 0 Å². The first-order valence-corrected chi connectivity index (χ1v) is 5.59. The third-order valence-corrected chi connectivity index (χ3v) is 3.25. The number of morpholine rings is 1. The fourth-order valence-corrected chi connectivity index (χ4v) is 2.60. The first-order valence-electron chi connectivity index (χ1n) is 5.59. The summed E-state index contributed by atoms with van der Waals surface area (Å²) in [6.45, 7) is 3.67. The topological polar surface area (TPSA) is 46.6 Å². The molecule has 1 heterocycles. The average Bonchev–Trinajstić information content (AvgIpc) is 2.49. The van der Waals surface area contributed by atoms with Gasteiger partial charge in [0, 0.05) is 6.54 Å². The molecule has 0 aromatic rings. The Balaban J connectivity index is 1.83. The number of carbonyl (C=O) groups is 2. The lowest BCUT2D eigenvalue weighted by Gasteiger charge is -2.26. The molecule has 84 valence electrons. The van der Waals surface area contributed by atoms with Crippen LogP contribution in [-0.2, 0) is 14.3 Å². The number of cyclic esters (lactones) is 2. The summed E-state index contributed by atoms with van der Waals surface area (Å²) in [5.74, 6) is 0.635. The minimum absolute atomic E-state index is 0.274. The molecule has 0 N–H and O–H groups in total. The lowest BCUT2D eigenvalue weighted by Crippen LogP contribution is -2.44. The molecule has 4 nitrogen and oxygen atoms in total. The van der Waals surface area contributed by atoms with Crippen molar-refractivity contribution >= 4 is 11.9 Å². The number of rotatable bonds is 2. The van der Waals surface area contributed by atoms with Crippen molar-refractivity contribution in [3.05, 3.63) is 0 Å². The van der Waals surface area contributed by atoms with Gasteiger partial charge in [-0.25, -0.2) is 0 Å². The maximum Gasteiger partial charge on any atom is 0.327 e. The highest BCUT2D eigenvalue weighted by Crippen LogP contribution is 2.30. The lowest BCUT2D eigenvalue weighted by atomic mass is 10.1. The van der Waals surface area contributed by atoms with Crippen molar-refractivity contribution in [3.63, 3.8) is 0 Å². The summed E-state index contributed by atoms with van der Waals surface area (Å²) in [6, 6.07) is 0. The molecule has 0 radical (unpaired) electrons. The van der Waals surface area contributed by atoms with Gasteiger partial charge in [-0.2, -0.15) is 0 Å². The maximum atomic E-state index is 11.0. The van der Waals surface area contributed by atoms with Crippen LogP contribution in [0.2, 0.25) is 0 Å². The van der Waals surface area contributed by atoms with Crippen LogP contribution in [0.25, 0.3) is 0 Å². The van der Waals surface area contributed by atoms with Crippen LogP contribution in [0.3, 0.4) is 0 Å². The number of carbonyl (C=O) groups excluding carboxylic acids is 2. The normalized spacial score (nSPS) is 33.1. The van der Waals surface area contributed by atoms with Crippen LogP contribution in [0, 0.1) is 11.8 Å². The van der Waals surface area contributed by atoms with Crippen LogP contribution in [0.4, 0.5) is 0 Å². The molecule has 0 bridgehead atoms. The van der Waals surface area contributed by atoms with E-state index in [1.165, 1.54) is 19.3 Å². The van der Waals surface area contributed by atoms with Gasteiger partial charge in [0.2, 0.25) is 0 Å². The van der Waals surface area contributed by atoms with Gasteiger partial charge in [-0.1, -0.05) is 13.3 Å². The first-order chi connectivity index (χ1) is 7.13. The van der Waals surface area contributed by atoms with Gasteiger partial charge < -0.3 is 4.74 Å². The molecule has 1 saturated heterocycles. The van der Waals surface area contributed by atoms with Crippen molar-refractivity contribution in [2.24, 2.45) is 11.8 Å². The predicted octanol–water partition coefficient (Wildman–Crippen LogP) is 0.808. The second-order valence-corrected chi connectivity index (χ2v) is 4.80. The molecule has 0 aromatic carbocycles. The maximum absolute atomic E-state index is 11.0. The van der Waals surface area contributed by atoms with Crippen molar-refractivity contribution in [3.8, 4) is 0 Å². The van der Waals surface area contributed by atoms with Gasteiger partial charge in [0.05, 0.1) is 13.1 Å². The van der Waals surface area contributed by atoms with Crippen LogP contribution in [-0.4, -0.2) is 36.5 Å². The standard InChI is InChI=1S/C11H17NO3/c1-8-2-3-9(4-8)5-12-6-10(13)15-11(14)7-12/h8-9H,2-7H2,1H3. The average molecular weight is 211 g/mol. The summed E-state index contributed by atoms with van der Waals surface area (Å²) in [5.41, 5.74) is 0. The first kappa shape index (κ1) is 10.6. The Morgan fingerprint density at radius 3 is 2.47 bits per heavy atom. The van der Waals surface area contributed by atoms with Crippen molar-refractivity contribution in [1.82, 2.24) is 4.90 Å². The Labute approximate surface area is 89.6 Å². The van der Waals surface area contributed by atoms with E-state index in [9.17, 15) is 9.59 Å². The molecular formula is C11H17NO3. The van der Waals surface area contributed by atoms with Gasteiger partial charge in [-0.3, -0.25) is 14.5 Å². The van der Waals surface area contributed by atoms with Crippen molar-refractivity contribution < 1.29 is 14.3 Å². The molecule has 15 heavy (non-hydrogen) atoms. The summed E-state index contributed by atoms with van der Waals surface area (Å²) in [5, 5.41) is 0. The Bertz CT molecular complexity index is 261. The van der Waals surface area contributed by atoms with Crippen molar-refractivity contribution in [2.75, 3.05) is 19.6 Å². The molecule has 2 fully saturated rings. The summed E-state index contributed by atoms with van der Waals surface area (Å²) in [6.07, 6.45) is 3.72. The molecule has 2 unspecified atom stereocenters. The summed E-state index contributed by atoms with van der Waals surface area (Å²) in [4.78, 5) is 24.0. The highest BCUT2D eigenvalue weighted by atomic mass is 16.6. The molecule has 2 rings (SSSR count). The van der Waals surface area contributed by atoms with E-state index in [4.69, 9.17) is 0 Å². The fourth-order valence-electron chi connectivity index (χ4n) is 2.60. The Morgan fingerprint density at radius 1 is 1.27 bits per heavy atom. The van der Waals surface area contributed by atoms with Gasteiger partial charge in [0.15, 0.2) is 0 Å². The Hall–Kier alpha value is -0.900. The predicted molar refractivity (Wildman–Crippen MR) is 54.0 cm³/mol.